The monoisotopic (exact) mass is 385 g/mol. The summed E-state index contributed by atoms with van der Waals surface area (Å²) in [6, 6.07) is 4.90. The maximum atomic E-state index is 12.2. The molecule has 1 saturated heterocycles. The van der Waals surface area contributed by atoms with Gasteiger partial charge in [0.25, 0.3) is 5.91 Å². The van der Waals surface area contributed by atoms with E-state index in [1.165, 1.54) is 12.1 Å². The number of alkyl halides is 3. The van der Waals surface area contributed by atoms with Gasteiger partial charge in [0, 0.05) is 36.8 Å². The van der Waals surface area contributed by atoms with Crippen molar-refractivity contribution in [2.45, 2.75) is 19.2 Å². The van der Waals surface area contributed by atoms with Crippen molar-refractivity contribution in [1.82, 2.24) is 10.3 Å². The summed E-state index contributed by atoms with van der Waals surface area (Å²) in [5.74, 6) is -0.347. The van der Waals surface area contributed by atoms with Gasteiger partial charge in [0.1, 0.15) is 5.75 Å². The third kappa shape index (κ3) is 5.10. The van der Waals surface area contributed by atoms with Crippen LogP contribution in [0, 0.1) is 5.92 Å². The van der Waals surface area contributed by atoms with Crippen molar-refractivity contribution < 1.29 is 22.7 Å². The number of ether oxygens (including phenoxy) is 1. The number of piperidine rings is 1. The van der Waals surface area contributed by atoms with Crippen molar-refractivity contribution >= 4 is 22.4 Å². The van der Waals surface area contributed by atoms with Gasteiger partial charge >= 0.3 is 6.36 Å². The molecule has 1 aromatic carbocycles. The van der Waals surface area contributed by atoms with Gasteiger partial charge in [-0.15, -0.1) is 24.5 Å². The number of hydrogen-bond acceptors (Lipinski definition) is 5. The van der Waals surface area contributed by atoms with Gasteiger partial charge < -0.3 is 15.0 Å². The van der Waals surface area contributed by atoms with E-state index in [2.05, 4.69) is 19.9 Å². The first-order valence-corrected chi connectivity index (χ1v) is 9.07. The first-order chi connectivity index (χ1) is 12.4. The third-order valence-electron chi connectivity index (χ3n) is 4.11. The molecule has 3 rings (SSSR count). The molecule has 9 heteroatoms. The molecule has 1 unspecified atom stereocenters. The Hall–Kier alpha value is -2.29. The van der Waals surface area contributed by atoms with Crippen LogP contribution in [0.1, 0.15) is 23.2 Å². The summed E-state index contributed by atoms with van der Waals surface area (Å²) in [5.41, 5.74) is 0.298. The van der Waals surface area contributed by atoms with Crippen LogP contribution in [0.5, 0.6) is 5.75 Å². The quantitative estimate of drug-likeness (QED) is 0.853. The summed E-state index contributed by atoms with van der Waals surface area (Å²) in [6.07, 6.45) is -0.921. The third-order valence-corrected chi connectivity index (χ3v) is 4.94. The Kier molecular flexibility index (Phi) is 5.65. The molecule has 1 atom stereocenters. The lowest BCUT2D eigenvalue weighted by atomic mass is 9.98. The number of carbonyl (C=O) groups excluding carboxylic acids is 1. The van der Waals surface area contributed by atoms with E-state index in [0.717, 1.165) is 43.2 Å². The molecule has 5 nitrogen and oxygen atoms in total. The zero-order chi connectivity index (χ0) is 18.6. The smallest absolute Gasteiger partial charge is 0.406 e. The minimum absolute atomic E-state index is 0.298. The second-order valence-corrected chi connectivity index (χ2v) is 6.92. The van der Waals surface area contributed by atoms with E-state index < -0.39 is 6.36 Å². The number of thiazole rings is 1. The molecular formula is C17H18F3N3O2S. The fourth-order valence-corrected chi connectivity index (χ4v) is 3.60. The zero-order valence-electron chi connectivity index (χ0n) is 13.8. The average Bonchev–Trinajstić information content (AvgIpc) is 3.14. The number of carbonyl (C=O) groups is 1. The topological polar surface area (TPSA) is 54.5 Å². The summed E-state index contributed by atoms with van der Waals surface area (Å²) in [5, 5.41) is 5.78. The van der Waals surface area contributed by atoms with Gasteiger partial charge in [-0.25, -0.2) is 4.98 Å². The highest BCUT2D eigenvalue weighted by molar-refractivity contribution is 7.13. The van der Waals surface area contributed by atoms with E-state index in [4.69, 9.17) is 0 Å². The molecular weight excluding hydrogens is 367 g/mol. The predicted octanol–water partition coefficient (Wildman–Crippen LogP) is 3.69. The van der Waals surface area contributed by atoms with Crippen LogP contribution in [-0.4, -0.2) is 36.9 Å². The van der Waals surface area contributed by atoms with Crippen molar-refractivity contribution in [2.24, 2.45) is 5.92 Å². The number of nitrogens with one attached hydrogen (secondary N) is 1. The van der Waals surface area contributed by atoms with Gasteiger partial charge in [-0.1, -0.05) is 0 Å². The van der Waals surface area contributed by atoms with E-state index in [1.807, 2.05) is 5.38 Å². The highest BCUT2D eigenvalue weighted by Gasteiger charge is 2.31. The second kappa shape index (κ2) is 7.94. The maximum absolute atomic E-state index is 12.2. The molecule has 2 aromatic rings. The molecule has 1 fully saturated rings. The highest BCUT2D eigenvalue weighted by atomic mass is 32.1. The number of halogens is 3. The van der Waals surface area contributed by atoms with Crippen LogP contribution < -0.4 is 15.0 Å². The predicted molar refractivity (Wildman–Crippen MR) is 92.5 cm³/mol. The Labute approximate surface area is 152 Å². The molecule has 1 aromatic heterocycles. The first kappa shape index (κ1) is 18.5. The highest BCUT2D eigenvalue weighted by Crippen LogP contribution is 2.25. The lowest BCUT2D eigenvalue weighted by Crippen LogP contribution is -2.41. The molecule has 1 N–H and O–H groups in total. The van der Waals surface area contributed by atoms with Crippen molar-refractivity contribution in [2.75, 3.05) is 24.5 Å². The lowest BCUT2D eigenvalue weighted by Gasteiger charge is -2.32. The molecule has 1 amide bonds. The summed E-state index contributed by atoms with van der Waals surface area (Å²) in [4.78, 5) is 18.7. The number of nitrogens with zero attached hydrogens (tertiary/aromatic N) is 2. The molecule has 0 spiro atoms. The van der Waals surface area contributed by atoms with Gasteiger partial charge in [0.05, 0.1) is 0 Å². The van der Waals surface area contributed by atoms with Crippen LogP contribution >= 0.6 is 11.3 Å². The van der Waals surface area contributed by atoms with E-state index in [9.17, 15) is 18.0 Å². The summed E-state index contributed by atoms with van der Waals surface area (Å²) in [6.45, 7) is 2.30. The fourth-order valence-electron chi connectivity index (χ4n) is 2.92. The SMILES string of the molecule is O=C(NCC1CCCN(c2nccs2)C1)c1ccc(OC(F)(F)F)cc1. The van der Waals surface area contributed by atoms with Gasteiger partial charge in [0.15, 0.2) is 5.13 Å². The van der Waals surface area contributed by atoms with Gasteiger partial charge in [-0.3, -0.25) is 4.79 Å². The van der Waals surface area contributed by atoms with Crippen molar-refractivity contribution in [3.05, 3.63) is 41.4 Å². The van der Waals surface area contributed by atoms with E-state index in [0.29, 0.717) is 18.0 Å². The normalized spacial score (nSPS) is 17.8. The average molecular weight is 385 g/mol. The van der Waals surface area contributed by atoms with Crippen LogP contribution in [-0.2, 0) is 0 Å². The molecule has 0 aliphatic carbocycles. The van der Waals surface area contributed by atoms with Gasteiger partial charge in [0.2, 0.25) is 0 Å². The van der Waals surface area contributed by atoms with Crippen LogP contribution in [0.25, 0.3) is 0 Å². The van der Waals surface area contributed by atoms with Gasteiger partial charge in [-0.2, -0.15) is 0 Å². The molecule has 0 bridgehead atoms. The van der Waals surface area contributed by atoms with E-state index in [-0.39, 0.29) is 11.7 Å². The number of rotatable bonds is 5. The largest absolute Gasteiger partial charge is 0.573 e. The van der Waals surface area contributed by atoms with Crippen molar-refractivity contribution in [1.29, 1.82) is 0 Å². The van der Waals surface area contributed by atoms with E-state index >= 15 is 0 Å². The Balaban J connectivity index is 1.50. The Morgan fingerprint density at radius 1 is 1.35 bits per heavy atom. The Bertz CT molecular complexity index is 720. The van der Waals surface area contributed by atoms with Crippen molar-refractivity contribution in [3.8, 4) is 5.75 Å². The number of anilines is 1. The molecule has 2 heterocycles. The zero-order valence-corrected chi connectivity index (χ0v) is 14.6. The van der Waals surface area contributed by atoms with E-state index in [1.54, 1.807) is 17.5 Å². The summed E-state index contributed by atoms with van der Waals surface area (Å²) in [7, 11) is 0. The minimum atomic E-state index is -4.74. The summed E-state index contributed by atoms with van der Waals surface area (Å²) >= 11 is 1.59. The standard InChI is InChI=1S/C17H18F3N3O2S/c18-17(19,20)25-14-5-3-13(4-6-14)15(24)22-10-12-2-1-8-23(11-12)16-21-7-9-26-16/h3-7,9,12H,1-2,8,10-11H2,(H,22,24). The summed E-state index contributed by atoms with van der Waals surface area (Å²) < 4.78 is 40.3. The minimum Gasteiger partial charge on any atom is -0.406 e. The number of hydrogen-bond donors (Lipinski definition) is 1. The van der Waals surface area contributed by atoms with Gasteiger partial charge in [-0.05, 0) is 43.0 Å². The molecule has 140 valence electrons. The maximum Gasteiger partial charge on any atom is 0.573 e. The number of amides is 1. The first-order valence-electron chi connectivity index (χ1n) is 8.19. The molecule has 0 radical (unpaired) electrons. The number of aromatic nitrogens is 1. The molecule has 1 aliphatic rings. The van der Waals surface area contributed by atoms with Crippen LogP contribution in [0.4, 0.5) is 18.3 Å². The molecule has 26 heavy (non-hydrogen) atoms. The second-order valence-electron chi connectivity index (χ2n) is 6.05. The van der Waals surface area contributed by atoms with Crippen LogP contribution in [0.3, 0.4) is 0 Å². The molecule has 1 aliphatic heterocycles. The number of benzene rings is 1. The van der Waals surface area contributed by atoms with Crippen LogP contribution in [0.2, 0.25) is 0 Å². The fraction of sp³-hybridized carbons (Fsp3) is 0.412. The lowest BCUT2D eigenvalue weighted by molar-refractivity contribution is -0.274. The van der Waals surface area contributed by atoms with Crippen molar-refractivity contribution in [3.63, 3.8) is 0 Å². The molecule has 0 saturated carbocycles. The Morgan fingerprint density at radius 2 is 2.12 bits per heavy atom. The van der Waals surface area contributed by atoms with Crippen LogP contribution in [0.15, 0.2) is 35.8 Å². The Morgan fingerprint density at radius 3 is 2.77 bits per heavy atom.